The molecule has 1 aromatic heterocycles. The Morgan fingerprint density at radius 3 is 2.78 bits per heavy atom. The average molecular weight is 249 g/mol. The summed E-state index contributed by atoms with van der Waals surface area (Å²) in [5.74, 6) is 0.596. The summed E-state index contributed by atoms with van der Waals surface area (Å²) < 4.78 is 0. The molecule has 0 aliphatic rings. The molecule has 4 nitrogen and oxygen atoms in total. The molecule has 1 amide bonds. The maximum absolute atomic E-state index is 12.5. The van der Waals surface area contributed by atoms with Crippen molar-refractivity contribution in [2.75, 3.05) is 25.5 Å². The molecule has 4 heteroatoms. The van der Waals surface area contributed by atoms with Gasteiger partial charge in [0.05, 0.1) is 17.4 Å². The molecule has 1 atom stereocenters. The number of rotatable bonds is 6. The summed E-state index contributed by atoms with van der Waals surface area (Å²) in [6.45, 7) is 7.86. The molecule has 1 unspecified atom stereocenters. The third-order valence-corrected chi connectivity index (χ3v) is 3.22. The number of hydrogen-bond acceptors (Lipinski definition) is 3. The lowest BCUT2D eigenvalue weighted by atomic mass is 10.1. The number of aromatic nitrogens is 1. The van der Waals surface area contributed by atoms with Gasteiger partial charge in [-0.2, -0.15) is 0 Å². The van der Waals surface area contributed by atoms with E-state index >= 15 is 0 Å². The normalized spacial score (nSPS) is 12.0. The molecule has 1 aromatic rings. The molecule has 0 saturated carbocycles. The molecule has 1 N–H and O–H groups in total. The van der Waals surface area contributed by atoms with Crippen LogP contribution < -0.4 is 5.32 Å². The second kappa shape index (κ2) is 6.99. The van der Waals surface area contributed by atoms with Crippen LogP contribution in [0.25, 0.3) is 0 Å². The maximum atomic E-state index is 12.5. The SMILES string of the molecule is CCC(C)CN(CC)C(=O)c1ccncc1NC. The molecule has 1 rings (SSSR count). The summed E-state index contributed by atoms with van der Waals surface area (Å²) in [5.41, 5.74) is 1.47. The van der Waals surface area contributed by atoms with Crippen molar-refractivity contribution in [2.45, 2.75) is 27.2 Å². The molecule has 0 radical (unpaired) electrons. The topological polar surface area (TPSA) is 45.2 Å². The Bertz CT molecular complexity index is 392. The van der Waals surface area contributed by atoms with Crippen LogP contribution >= 0.6 is 0 Å². The fourth-order valence-electron chi connectivity index (χ4n) is 1.81. The molecule has 18 heavy (non-hydrogen) atoms. The van der Waals surface area contributed by atoms with E-state index in [0.29, 0.717) is 11.5 Å². The Morgan fingerprint density at radius 2 is 2.22 bits per heavy atom. The second-order valence-corrected chi connectivity index (χ2v) is 4.53. The number of amides is 1. The molecular weight excluding hydrogens is 226 g/mol. The number of nitrogens with zero attached hydrogens (tertiary/aromatic N) is 2. The number of carbonyl (C=O) groups is 1. The molecule has 0 spiro atoms. The molecule has 0 aliphatic heterocycles. The Kier molecular flexibility index (Phi) is 5.62. The van der Waals surface area contributed by atoms with Crippen LogP contribution in [0.3, 0.4) is 0 Å². The highest BCUT2D eigenvalue weighted by Crippen LogP contribution is 2.16. The highest BCUT2D eigenvalue weighted by molar-refractivity contribution is 5.99. The van der Waals surface area contributed by atoms with E-state index in [2.05, 4.69) is 24.1 Å². The fourth-order valence-corrected chi connectivity index (χ4v) is 1.81. The van der Waals surface area contributed by atoms with Gasteiger partial charge in [0, 0.05) is 26.3 Å². The van der Waals surface area contributed by atoms with Crippen molar-refractivity contribution in [1.82, 2.24) is 9.88 Å². The number of anilines is 1. The first-order chi connectivity index (χ1) is 8.63. The van der Waals surface area contributed by atoms with E-state index in [0.717, 1.165) is 25.2 Å². The van der Waals surface area contributed by atoms with Crippen molar-refractivity contribution >= 4 is 11.6 Å². The van der Waals surface area contributed by atoms with Crippen molar-refractivity contribution in [3.8, 4) is 0 Å². The summed E-state index contributed by atoms with van der Waals surface area (Å²) in [5, 5.41) is 3.01. The van der Waals surface area contributed by atoms with E-state index in [9.17, 15) is 4.79 Å². The molecule has 1 heterocycles. The smallest absolute Gasteiger partial charge is 0.256 e. The maximum Gasteiger partial charge on any atom is 0.256 e. The minimum Gasteiger partial charge on any atom is -0.386 e. The Labute approximate surface area is 109 Å². The third kappa shape index (κ3) is 3.45. The van der Waals surface area contributed by atoms with Crippen molar-refractivity contribution in [3.05, 3.63) is 24.0 Å². The van der Waals surface area contributed by atoms with E-state index in [-0.39, 0.29) is 5.91 Å². The average Bonchev–Trinajstić information content (AvgIpc) is 2.43. The monoisotopic (exact) mass is 249 g/mol. The zero-order chi connectivity index (χ0) is 13.5. The molecule has 0 fully saturated rings. The summed E-state index contributed by atoms with van der Waals surface area (Å²) in [7, 11) is 1.80. The van der Waals surface area contributed by atoms with Gasteiger partial charge in [-0.05, 0) is 18.9 Å². The number of carbonyl (C=O) groups excluding carboxylic acids is 1. The predicted molar refractivity (Wildman–Crippen MR) is 74.8 cm³/mol. The summed E-state index contributed by atoms with van der Waals surface area (Å²) in [6, 6.07) is 1.77. The lowest BCUT2D eigenvalue weighted by Crippen LogP contribution is -2.34. The van der Waals surface area contributed by atoms with Crippen LogP contribution in [0.4, 0.5) is 5.69 Å². The van der Waals surface area contributed by atoms with Gasteiger partial charge in [-0.15, -0.1) is 0 Å². The Morgan fingerprint density at radius 1 is 1.50 bits per heavy atom. The quantitative estimate of drug-likeness (QED) is 0.843. The van der Waals surface area contributed by atoms with Crippen LogP contribution in [-0.2, 0) is 0 Å². The predicted octanol–water partition coefficient (Wildman–Crippen LogP) is 2.63. The van der Waals surface area contributed by atoms with Crippen LogP contribution in [0, 0.1) is 5.92 Å². The van der Waals surface area contributed by atoms with Crippen molar-refractivity contribution < 1.29 is 4.79 Å². The standard InChI is InChI=1S/C14H23N3O/c1-5-11(3)10-17(6-2)14(18)12-7-8-16-9-13(12)15-4/h7-9,11,15H,5-6,10H2,1-4H3. The van der Waals surface area contributed by atoms with Gasteiger partial charge in [0.1, 0.15) is 0 Å². The van der Waals surface area contributed by atoms with E-state index < -0.39 is 0 Å². The van der Waals surface area contributed by atoms with E-state index in [1.807, 2.05) is 11.8 Å². The van der Waals surface area contributed by atoms with Crippen LogP contribution in [0.1, 0.15) is 37.6 Å². The fraction of sp³-hybridized carbons (Fsp3) is 0.571. The Hall–Kier alpha value is -1.58. The minimum atomic E-state index is 0.0737. The van der Waals surface area contributed by atoms with Gasteiger partial charge in [-0.3, -0.25) is 9.78 Å². The molecular formula is C14H23N3O. The first kappa shape index (κ1) is 14.5. The highest BCUT2D eigenvalue weighted by Gasteiger charge is 2.18. The van der Waals surface area contributed by atoms with Gasteiger partial charge in [-0.1, -0.05) is 20.3 Å². The summed E-state index contributed by atoms with van der Waals surface area (Å²) in [6.07, 6.45) is 4.43. The molecule has 0 aromatic carbocycles. The second-order valence-electron chi connectivity index (χ2n) is 4.53. The van der Waals surface area contributed by atoms with E-state index in [4.69, 9.17) is 0 Å². The van der Waals surface area contributed by atoms with Gasteiger partial charge in [0.15, 0.2) is 0 Å². The van der Waals surface area contributed by atoms with Gasteiger partial charge < -0.3 is 10.2 Å². The summed E-state index contributed by atoms with van der Waals surface area (Å²) >= 11 is 0. The van der Waals surface area contributed by atoms with Crippen LogP contribution in [0.15, 0.2) is 18.5 Å². The Balaban J connectivity index is 2.89. The first-order valence-corrected chi connectivity index (χ1v) is 6.55. The molecule has 0 aliphatic carbocycles. The third-order valence-electron chi connectivity index (χ3n) is 3.22. The zero-order valence-electron chi connectivity index (χ0n) is 11.7. The molecule has 0 bridgehead atoms. The first-order valence-electron chi connectivity index (χ1n) is 6.55. The van der Waals surface area contributed by atoms with Crippen LogP contribution in [-0.4, -0.2) is 35.9 Å². The zero-order valence-corrected chi connectivity index (χ0v) is 11.7. The summed E-state index contributed by atoms with van der Waals surface area (Å²) in [4.78, 5) is 18.4. The van der Waals surface area contributed by atoms with Gasteiger partial charge >= 0.3 is 0 Å². The number of nitrogens with one attached hydrogen (secondary N) is 1. The van der Waals surface area contributed by atoms with Gasteiger partial charge in [0.2, 0.25) is 0 Å². The minimum absolute atomic E-state index is 0.0737. The van der Waals surface area contributed by atoms with Crippen LogP contribution in [0.5, 0.6) is 0 Å². The van der Waals surface area contributed by atoms with Gasteiger partial charge in [0.25, 0.3) is 5.91 Å². The number of pyridine rings is 1. The molecule has 100 valence electrons. The van der Waals surface area contributed by atoms with Crippen LogP contribution in [0.2, 0.25) is 0 Å². The van der Waals surface area contributed by atoms with Crippen molar-refractivity contribution in [2.24, 2.45) is 5.92 Å². The number of hydrogen-bond donors (Lipinski definition) is 1. The molecule has 0 saturated heterocycles. The lowest BCUT2D eigenvalue weighted by molar-refractivity contribution is 0.0741. The largest absolute Gasteiger partial charge is 0.386 e. The van der Waals surface area contributed by atoms with Gasteiger partial charge in [-0.25, -0.2) is 0 Å². The lowest BCUT2D eigenvalue weighted by Gasteiger charge is -2.25. The van der Waals surface area contributed by atoms with E-state index in [1.165, 1.54) is 0 Å². The van der Waals surface area contributed by atoms with Crippen molar-refractivity contribution in [1.29, 1.82) is 0 Å². The van der Waals surface area contributed by atoms with Crippen molar-refractivity contribution in [3.63, 3.8) is 0 Å². The highest BCUT2D eigenvalue weighted by atomic mass is 16.2. The van der Waals surface area contributed by atoms with E-state index in [1.54, 1.807) is 25.5 Å².